The maximum atomic E-state index is 2.54. The first-order chi connectivity index (χ1) is 47.1. The number of fused-ring (bicyclic) bond motifs is 15. The van der Waals surface area contributed by atoms with Gasteiger partial charge in [-0.1, -0.05) is 278 Å². The Kier molecular flexibility index (Phi) is 12.2. The van der Waals surface area contributed by atoms with Crippen LogP contribution in [-0.2, 0) is 16.2 Å². The van der Waals surface area contributed by atoms with E-state index in [0.29, 0.717) is 0 Å². The highest BCUT2D eigenvalue weighted by Crippen LogP contribution is 2.58. The minimum atomic E-state index is -0.260. The van der Waals surface area contributed by atoms with Crippen molar-refractivity contribution < 1.29 is 0 Å². The van der Waals surface area contributed by atoms with Gasteiger partial charge in [0.2, 0.25) is 0 Å². The summed E-state index contributed by atoms with van der Waals surface area (Å²) >= 11 is 0. The number of rotatable bonds is 6. The van der Waals surface area contributed by atoms with Gasteiger partial charge in [-0.05, 0) is 278 Å². The Bertz CT molecular complexity index is 5990. The van der Waals surface area contributed by atoms with Gasteiger partial charge in [-0.25, -0.2) is 0 Å². The van der Waals surface area contributed by atoms with Crippen molar-refractivity contribution in [2.75, 3.05) is 0 Å². The zero-order valence-electron chi connectivity index (χ0n) is 56.9. The number of hydrogen-bond donors (Lipinski definition) is 0. The van der Waals surface area contributed by atoms with E-state index < -0.39 is 0 Å². The molecule has 0 N–H and O–H groups in total. The summed E-state index contributed by atoms with van der Waals surface area (Å²) in [5, 5.41) is 15.5. The van der Waals surface area contributed by atoms with Crippen LogP contribution >= 0.6 is 0 Å². The Morgan fingerprint density at radius 1 is 0.175 bits per heavy atom. The van der Waals surface area contributed by atoms with E-state index in [0.717, 1.165) is 0 Å². The van der Waals surface area contributed by atoms with Crippen LogP contribution in [0.4, 0.5) is 0 Å². The molecule has 16 aromatic carbocycles. The van der Waals surface area contributed by atoms with Gasteiger partial charge in [0.25, 0.3) is 0 Å². The van der Waals surface area contributed by atoms with E-state index >= 15 is 0 Å². The van der Waals surface area contributed by atoms with Gasteiger partial charge in [-0.3, -0.25) is 0 Å². The smallest absolute Gasteiger partial charge is 0.0159 e. The summed E-state index contributed by atoms with van der Waals surface area (Å²) in [6.07, 6.45) is 0. The molecular formula is C97H74. The van der Waals surface area contributed by atoms with Crippen molar-refractivity contribution >= 4 is 64.6 Å². The molecular weight excluding hydrogens is 1170 g/mol. The highest BCUT2D eigenvalue weighted by atomic mass is 14.4. The fraction of sp³-hybridized carbons (Fsp3) is 0.134. The standard InChI is InChI=1S/C97H74/c1-55-24-20-35-75-85(55)91(59-28-12-11-13-29-59)86-56(2)25-21-36-76(86)90(75)63-43-48-70-68-46-41-61(51-81(68)97(9,10)84(70)53-63)60-40-45-67-69-47-42-62(52-83(69)96(7,8)80(67)50-60)89-71-31-14-16-33-73(71)93(74-34-17-15-32-72(74)89)94-77-37-22-26-57(3)87(77)92(88-58(4)27-23-38-78(88)94)64-44-49-66-65-30-18-19-39-79(65)95(5,6)82(66)54-64/h11-54H,1-10H3. The van der Waals surface area contributed by atoms with E-state index in [4.69, 9.17) is 0 Å². The van der Waals surface area contributed by atoms with Crippen molar-refractivity contribution in [1.29, 1.82) is 0 Å². The molecule has 462 valence electrons. The van der Waals surface area contributed by atoms with Crippen LogP contribution in [0.5, 0.6) is 0 Å². The Hall–Kier alpha value is -10.9. The highest BCUT2D eigenvalue weighted by Gasteiger charge is 2.40. The lowest BCUT2D eigenvalue weighted by atomic mass is 9.77. The topological polar surface area (TPSA) is 0 Å². The number of hydrogen-bond acceptors (Lipinski definition) is 0. The summed E-state index contributed by atoms with van der Waals surface area (Å²) in [4.78, 5) is 0. The predicted octanol–water partition coefficient (Wildman–Crippen LogP) is 26.8. The minimum absolute atomic E-state index is 0.117. The third kappa shape index (κ3) is 7.99. The quantitative estimate of drug-likeness (QED) is 0.146. The molecule has 0 amide bonds. The van der Waals surface area contributed by atoms with Gasteiger partial charge in [0.15, 0.2) is 0 Å². The maximum Gasteiger partial charge on any atom is 0.0159 e. The van der Waals surface area contributed by atoms with Crippen molar-refractivity contribution in [1.82, 2.24) is 0 Å². The second-order valence-corrected chi connectivity index (χ2v) is 29.9. The Morgan fingerprint density at radius 3 is 0.835 bits per heavy atom. The summed E-state index contributed by atoms with van der Waals surface area (Å²) in [7, 11) is 0. The second-order valence-electron chi connectivity index (χ2n) is 29.9. The van der Waals surface area contributed by atoms with E-state index in [2.05, 4.69) is 336 Å². The first-order valence-electron chi connectivity index (χ1n) is 34.8. The van der Waals surface area contributed by atoms with Crippen LogP contribution in [0.3, 0.4) is 0 Å². The Labute approximate surface area is 569 Å². The van der Waals surface area contributed by atoms with Crippen LogP contribution in [0, 0.1) is 27.7 Å². The summed E-state index contributed by atoms with van der Waals surface area (Å²) in [5.74, 6) is 0. The van der Waals surface area contributed by atoms with Crippen molar-refractivity contribution in [3.8, 4) is 100 Å². The van der Waals surface area contributed by atoms with Gasteiger partial charge in [0.05, 0.1) is 0 Å². The van der Waals surface area contributed by atoms with Crippen molar-refractivity contribution in [2.45, 2.75) is 85.5 Å². The molecule has 3 aliphatic rings. The van der Waals surface area contributed by atoms with Gasteiger partial charge in [-0.15, -0.1) is 0 Å². The lowest BCUT2D eigenvalue weighted by Gasteiger charge is -2.25. The van der Waals surface area contributed by atoms with E-state index in [1.54, 1.807) is 0 Å². The molecule has 0 radical (unpaired) electrons. The second kappa shape index (κ2) is 20.6. The first kappa shape index (κ1) is 57.5. The third-order valence-corrected chi connectivity index (χ3v) is 23.5. The molecule has 97 heavy (non-hydrogen) atoms. The molecule has 0 saturated carbocycles. The van der Waals surface area contributed by atoms with E-state index in [1.165, 1.54) is 220 Å². The summed E-state index contributed by atoms with van der Waals surface area (Å²) in [6.45, 7) is 23.8. The summed E-state index contributed by atoms with van der Waals surface area (Å²) in [5.41, 5.74) is 36.3. The molecule has 0 bridgehead atoms. The van der Waals surface area contributed by atoms with Crippen molar-refractivity contribution in [2.24, 2.45) is 0 Å². The average Bonchev–Trinajstić information content (AvgIpc) is 0.767. The van der Waals surface area contributed by atoms with E-state index in [-0.39, 0.29) is 16.2 Å². The molecule has 0 heteroatoms. The van der Waals surface area contributed by atoms with Gasteiger partial charge >= 0.3 is 0 Å². The number of benzene rings is 16. The molecule has 0 saturated heterocycles. The molecule has 0 fully saturated rings. The van der Waals surface area contributed by atoms with Crippen LogP contribution < -0.4 is 0 Å². The van der Waals surface area contributed by atoms with Gasteiger partial charge in [0, 0.05) is 16.2 Å². The van der Waals surface area contributed by atoms with E-state index in [9.17, 15) is 0 Å². The van der Waals surface area contributed by atoms with Crippen molar-refractivity contribution in [3.63, 3.8) is 0 Å². The summed E-state index contributed by atoms with van der Waals surface area (Å²) < 4.78 is 0. The zero-order valence-corrected chi connectivity index (χ0v) is 56.9. The number of aryl methyl sites for hydroxylation is 4. The third-order valence-electron chi connectivity index (χ3n) is 23.5. The fourth-order valence-electron chi connectivity index (χ4n) is 18.8. The maximum absolute atomic E-state index is 2.54. The van der Waals surface area contributed by atoms with Crippen LogP contribution in [0.2, 0.25) is 0 Å². The molecule has 0 spiro atoms. The Morgan fingerprint density at radius 2 is 0.433 bits per heavy atom. The zero-order chi connectivity index (χ0) is 65.7. The van der Waals surface area contributed by atoms with Crippen LogP contribution in [0.25, 0.3) is 165 Å². The summed E-state index contributed by atoms with van der Waals surface area (Å²) in [6, 6.07) is 103. The van der Waals surface area contributed by atoms with Gasteiger partial charge in [-0.2, -0.15) is 0 Å². The minimum Gasteiger partial charge on any atom is -0.0622 e. The van der Waals surface area contributed by atoms with Gasteiger partial charge in [0.1, 0.15) is 0 Å². The largest absolute Gasteiger partial charge is 0.0622 e. The first-order valence-corrected chi connectivity index (χ1v) is 34.8. The predicted molar refractivity (Wildman–Crippen MR) is 416 cm³/mol. The molecule has 0 aliphatic heterocycles. The molecule has 19 rings (SSSR count). The average molecular weight is 1240 g/mol. The fourth-order valence-corrected chi connectivity index (χ4v) is 18.8. The normalized spacial score (nSPS) is 14.3. The SMILES string of the molecule is Cc1cccc2c(-c3ccc4c(c3)C(C)(C)c3cc(-c5ccc6c(c5)C(C)(C)c5cc(-c7c8ccccc8c(-c8c9cccc(C)c9c(-c9ccc%10c(c9)C(C)(C)c9ccccc9-%10)c9c(C)cccc89)c8ccccc78)ccc5-6)ccc3-4)c3cccc(C)c3c(-c3ccccc3)c12. The Balaban J connectivity index is 0.706. The van der Waals surface area contributed by atoms with E-state index in [1.807, 2.05) is 0 Å². The molecule has 0 unspecified atom stereocenters. The van der Waals surface area contributed by atoms with Gasteiger partial charge < -0.3 is 0 Å². The highest BCUT2D eigenvalue weighted by molar-refractivity contribution is 6.31. The lowest BCUT2D eigenvalue weighted by molar-refractivity contribution is 0.660. The van der Waals surface area contributed by atoms with Crippen molar-refractivity contribution in [3.05, 3.63) is 323 Å². The molecule has 0 atom stereocenters. The van der Waals surface area contributed by atoms with Crippen LogP contribution in [0.15, 0.2) is 267 Å². The van der Waals surface area contributed by atoms with Crippen LogP contribution in [0.1, 0.15) is 97.2 Å². The molecule has 16 aromatic rings. The molecule has 0 aromatic heterocycles. The van der Waals surface area contributed by atoms with Crippen LogP contribution in [-0.4, -0.2) is 0 Å². The molecule has 0 heterocycles. The lowest BCUT2D eigenvalue weighted by Crippen LogP contribution is -2.15. The molecule has 0 nitrogen and oxygen atoms in total. The monoisotopic (exact) mass is 1240 g/mol. The molecule has 3 aliphatic carbocycles.